The molecular weight excluding hydrogens is 476 g/mol. The molecule has 0 aliphatic carbocycles. The van der Waals surface area contributed by atoms with Crippen LogP contribution >= 0.6 is 0 Å². The quantitative estimate of drug-likeness (QED) is 0.306. The second-order valence-corrected chi connectivity index (χ2v) is 8.64. The monoisotopic (exact) mass is 506 g/mol. The number of benzene rings is 4. The van der Waals surface area contributed by atoms with E-state index in [1.165, 1.54) is 0 Å². The zero-order valence-electron chi connectivity index (χ0n) is 21.4. The summed E-state index contributed by atoms with van der Waals surface area (Å²) in [6.45, 7) is 2.49. The number of anilines is 4. The topological polar surface area (TPSA) is 81.8 Å². The van der Waals surface area contributed by atoms with Crippen molar-refractivity contribution in [2.24, 2.45) is 0 Å². The first-order chi connectivity index (χ1) is 18.5. The van der Waals surface area contributed by atoms with E-state index in [-0.39, 0.29) is 24.3 Å². The van der Waals surface area contributed by atoms with Gasteiger partial charge in [-0.05, 0) is 73.7 Å². The highest BCUT2D eigenvalue weighted by Gasteiger charge is 2.17. The molecule has 0 aromatic heterocycles. The first-order valence-electron chi connectivity index (χ1n) is 12.4. The third kappa shape index (κ3) is 6.44. The fraction of sp³-hybridized carbons (Fsp3) is 0.129. The summed E-state index contributed by atoms with van der Waals surface area (Å²) in [5.74, 6) is -0.500. The number of hydrogen-bond donors (Lipinski definition) is 2. The summed E-state index contributed by atoms with van der Waals surface area (Å²) in [6.07, 6.45) is 0. The minimum Gasteiger partial charge on any atom is -0.376 e. The van der Waals surface area contributed by atoms with Crippen molar-refractivity contribution in [1.82, 2.24) is 0 Å². The van der Waals surface area contributed by atoms with Gasteiger partial charge in [0.25, 0.3) is 11.8 Å². The van der Waals surface area contributed by atoms with Gasteiger partial charge in [-0.1, -0.05) is 42.5 Å². The van der Waals surface area contributed by atoms with Crippen molar-refractivity contribution in [3.05, 3.63) is 120 Å². The Hall–Kier alpha value is -4.91. The number of carbonyl (C=O) groups is 3. The Morgan fingerprint density at radius 3 is 1.92 bits per heavy atom. The Kier molecular flexibility index (Phi) is 8.51. The van der Waals surface area contributed by atoms with Gasteiger partial charge in [0.05, 0.1) is 6.54 Å². The lowest BCUT2D eigenvalue weighted by Gasteiger charge is -2.21. The number of carbonyl (C=O) groups excluding carboxylic acids is 3. The molecule has 0 fully saturated rings. The summed E-state index contributed by atoms with van der Waals surface area (Å²) in [6, 6.07) is 32.8. The molecule has 0 heterocycles. The third-order valence-electron chi connectivity index (χ3n) is 6.06. The molecule has 0 spiro atoms. The third-order valence-corrected chi connectivity index (χ3v) is 6.06. The Morgan fingerprint density at radius 2 is 1.29 bits per heavy atom. The molecule has 38 heavy (non-hydrogen) atoms. The van der Waals surface area contributed by atoms with Gasteiger partial charge in [0.15, 0.2) is 0 Å². The van der Waals surface area contributed by atoms with Crippen LogP contribution in [0.25, 0.3) is 0 Å². The molecule has 192 valence electrons. The van der Waals surface area contributed by atoms with Crippen LogP contribution in [0.4, 0.5) is 22.7 Å². The van der Waals surface area contributed by atoms with Crippen LogP contribution in [0.3, 0.4) is 0 Å². The molecule has 0 atom stereocenters. The summed E-state index contributed by atoms with van der Waals surface area (Å²) >= 11 is 0. The highest BCUT2D eigenvalue weighted by molar-refractivity contribution is 6.07. The number of nitrogens with zero attached hydrogens (tertiary/aromatic N) is 2. The summed E-state index contributed by atoms with van der Waals surface area (Å²) in [5.41, 5.74) is 3.93. The molecule has 0 aliphatic heterocycles. The Bertz CT molecular complexity index is 1390. The Labute approximate surface area is 222 Å². The maximum Gasteiger partial charge on any atom is 0.258 e. The zero-order valence-corrected chi connectivity index (χ0v) is 21.4. The number of rotatable bonds is 9. The van der Waals surface area contributed by atoms with Crippen LogP contribution in [0.5, 0.6) is 0 Å². The van der Waals surface area contributed by atoms with Crippen LogP contribution in [-0.2, 0) is 4.79 Å². The van der Waals surface area contributed by atoms with Crippen molar-refractivity contribution in [3.63, 3.8) is 0 Å². The van der Waals surface area contributed by atoms with Crippen molar-refractivity contribution in [3.8, 4) is 0 Å². The maximum atomic E-state index is 13.1. The van der Waals surface area contributed by atoms with Crippen LogP contribution < -0.4 is 20.4 Å². The number of amides is 3. The fourth-order valence-electron chi connectivity index (χ4n) is 4.02. The van der Waals surface area contributed by atoms with Crippen LogP contribution in [0.1, 0.15) is 27.6 Å². The van der Waals surface area contributed by atoms with Crippen molar-refractivity contribution in [2.75, 3.05) is 40.6 Å². The highest BCUT2D eigenvalue weighted by atomic mass is 16.2. The van der Waals surface area contributed by atoms with E-state index in [1.54, 1.807) is 59.3 Å². The van der Waals surface area contributed by atoms with E-state index < -0.39 is 0 Å². The Morgan fingerprint density at radius 1 is 0.658 bits per heavy atom. The molecule has 3 amide bonds. The summed E-state index contributed by atoms with van der Waals surface area (Å²) in [7, 11) is 1.73. The molecular formula is C31H30N4O3. The SMILES string of the molecule is CCN(C(=O)c1cccc(NCC(=O)Nc2ccc(C(=O)N(C)c3ccccc3)cc2)c1)c1ccccc1. The van der Waals surface area contributed by atoms with Crippen LogP contribution in [0, 0.1) is 0 Å². The van der Waals surface area contributed by atoms with Gasteiger partial charge in [-0.2, -0.15) is 0 Å². The molecule has 0 saturated carbocycles. The van der Waals surface area contributed by atoms with Gasteiger partial charge >= 0.3 is 0 Å². The summed E-state index contributed by atoms with van der Waals surface area (Å²) in [4.78, 5) is 41.7. The maximum absolute atomic E-state index is 13.1. The molecule has 4 aromatic carbocycles. The molecule has 0 radical (unpaired) electrons. The van der Waals surface area contributed by atoms with E-state index in [4.69, 9.17) is 0 Å². The van der Waals surface area contributed by atoms with Gasteiger partial charge in [-0.3, -0.25) is 14.4 Å². The van der Waals surface area contributed by atoms with E-state index in [0.29, 0.717) is 29.0 Å². The molecule has 0 saturated heterocycles. The lowest BCUT2D eigenvalue weighted by Crippen LogP contribution is -2.30. The van der Waals surface area contributed by atoms with Gasteiger partial charge in [0.1, 0.15) is 0 Å². The smallest absolute Gasteiger partial charge is 0.258 e. The largest absolute Gasteiger partial charge is 0.376 e. The minimum absolute atomic E-state index is 0.0191. The zero-order chi connectivity index (χ0) is 26.9. The average Bonchev–Trinajstić information content (AvgIpc) is 2.97. The molecule has 0 bridgehead atoms. The fourth-order valence-corrected chi connectivity index (χ4v) is 4.02. The Balaban J connectivity index is 1.33. The van der Waals surface area contributed by atoms with E-state index in [2.05, 4.69) is 10.6 Å². The number of para-hydroxylation sites is 2. The first-order valence-corrected chi connectivity index (χ1v) is 12.4. The molecule has 0 unspecified atom stereocenters. The van der Waals surface area contributed by atoms with E-state index in [0.717, 1.165) is 11.4 Å². The lowest BCUT2D eigenvalue weighted by atomic mass is 10.1. The summed E-state index contributed by atoms with van der Waals surface area (Å²) < 4.78 is 0. The van der Waals surface area contributed by atoms with Crippen molar-refractivity contribution in [1.29, 1.82) is 0 Å². The number of nitrogens with one attached hydrogen (secondary N) is 2. The highest BCUT2D eigenvalue weighted by Crippen LogP contribution is 2.19. The van der Waals surface area contributed by atoms with Gasteiger partial charge in [0, 0.05) is 47.5 Å². The molecule has 4 rings (SSSR count). The predicted octanol–water partition coefficient (Wildman–Crippen LogP) is 5.68. The second-order valence-electron chi connectivity index (χ2n) is 8.64. The normalized spacial score (nSPS) is 10.4. The minimum atomic E-state index is -0.248. The molecule has 0 aliphatic rings. The van der Waals surface area contributed by atoms with Crippen molar-refractivity contribution < 1.29 is 14.4 Å². The van der Waals surface area contributed by atoms with E-state index >= 15 is 0 Å². The average molecular weight is 507 g/mol. The first kappa shape index (κ1) is 26.2. The molecule has 2 N–H and O–H groups in total. The summed E-state index contributed by atoms with van der Waals surface area (Å²) in [5, 5.41) is 5.90. The van der Waals surface area contributed by atoms with Crippen LogP contribution in [-0.4, -0.2) is 37.9 Å². The second kappa shape index (κ2) is 12.4. The van der Waals surface area contributed by atoms with E-state index in [9.17, 15) is 14.4 Å². The molecule has 7 nitrogen and oxygen atoms in total. The standard InChI is InChI=1S/C31H30N4O3/c1-3-35(28-15-8-5-9-16-28)31(38)24-11-10-12-26(21-24)32-22-29(36)33-25-19-17-23(18-20-25)30(37)34(2)27-13-6-4-7-14-27/h4-21,32H,3,22H2,1-2H3,(H,33,36). The van der Waals surface area contributed by atoms with Crippen molar-refractivity contribution in [2.45, 2.75) is 6.92 Å². The molecule has 4 aromatic rings. The van der Waals surface area contributed by atoms with Gasteiger partial charge in [0.2, 0.25) is 5.91 Å². The number of hydrogen-bond acceptors (Lipinski definition) is 4. The van der Waals surface area contributed by atoms with Crippen LogP contribution in [0.15, 0.2) is 109 Å². The van der Waals surface area contributed by atoms with E-state index in [1.807, 2.05) is 73.7 Å². The predicted molar refractivity (Wildman–Crippen MR) is 153 cm³/mol. The van der Waals surface area contributed by atoms with Gasteiger partial charge < -0.3 is 20.4 Å². The van der Waals surface area contributed by atoms with Crippen LogP contribution in [0.2, 0.25) is 0 Å². The van der Waals surface area contributed by atoms with Crippen molar-refractivity contribution >= 4 is 40.5 Å². The van der Waals surface area contributed by atoms with Gasteiger partial charge in [-0.15, -0.1) is 0 Å². The molecule has 7 heteroatoms. The lowest BCUT2D eigenvalue weighted by molar-refractivity contribution is -0.114. The van der Waals surface area contributed by atoms with Gasteiger partial charge in [-0.25, -0.2) is 0 Å².